The van der Waals surface area contributed by atoms with E-state index < -0.39 is 0 Å². The first-order chi connectivity index (χ1) is 16.7. The molecule has 7 rings (SSSR count). The van der Waals surface area contributed by atoms with E-state index in [1.807, 2.05) is 12.1 Å². The van der Waals surface area contributed by atoms with Crippen LogP contribution in [0, 0.1) is 0 Å². The Morgan fingerprint density at radius 1 is 0.529 bits per heavy atom. The third-order valence-corrected chi connectivity index (χ3v) is 7.77. The van der Waals surface area contributed by atoms with Gasteiger partial charge in [-0.15, -0.1) is 11.3 Å². The smallest absolute Gasteiger partial charge is 0.0542 e. The van der Waals surface area contributed by atoms with Crippen LogP contribution in [0.1, 0.15) is 0 Å². The molecule has 0 saturated heterocycles. The Morgan fingerprint density at radius 3 is 1.85 bits per heavy atom. The Kier molecular flexibility index (Phi) is 4.02. The Balaban J connectivity index is 1.53. The number of benzene rings is 5. The summed E-state index contributed by atoms with van der Waals surface area (Å²) in [6.45, 7) is 0. The molecule has 0 aliphatic heterocycles. The lowest BCUT2D eigenvalue weighted by Gasteiger charge is -2.15. The molecule has 34 heavy (non-hydrogen) atoms. The van der Waals surface area contributed by atoms with E-state index in [0.717, 1.165) is 28.2 Å². The van der Waals surface area contributed by atoms with E-state index in [-0.39, 0.29) is 0 Å². The predicted octanol–water partition coefficient (Wildman–Crippen LogP) is 7.98. The van der Waals surface area contributed by atoms with Crippen LogP contribution in [0.5, 0.6) is 0 Å². The number of hydrogen-bond acceptors (Lipinski definition) is 3. The molecule has 0 atom stereocenters. The summed E-state index contributed by atoms with van der Waals surface area (Å²) in [5, 5.41) is 5.00. The van der Waals surface area contributed by atoms with E-state index in [0.29, 0.717) is 0 Å². The Bertz CT molecular complexity index is 1840. The van der Waals surface area contributed by atoms with Crippen molar-refractivity contribution in [3.63, 3.8) is 0 Å². The number of fused-ring (bicyclic) bond motifs is 6. The number of nitrogen functional groups attached to an aromatic ring is 2. The number of thiophene rings is 1. The fraction of sp³-hybridized carbons (Fsp3) is 0. The van der Waals surface area contributed by atoms with Crippen molar-refractivity contribution in [2.75, 3.05) is 11.5 Å². The van der Waals surface area contributed by atoms with Crippen LogP contribution >= 0.6 is 11.3 Å². The lowest BCUT2D eigenvalue weighted by molar-refractivity contribution is 1.18. The predicted molar refractivity (Wildman–Crippen MR) is 148 cm³/mol. The van der Waals surface area contributed by atoms with Crippen molar-refractivity contribution >= 4 is 64.7 Å². The lowest BCUT2D eigenvalue weighted by atomic mass is 10.0. The zero-order valence-electron chi connectivity index (χ0n) is 18.3. The fourth-order valence-corrected chi connectivity index (χ4v) is 6.32. The molecular formula is C30H21N3S. The first-order valence-corrected chi connectivity index (χ1v) is 12.1. The molecule has 0 spiro atoms. The van der Waals surface area contributed by atoms with Crippen LogP contribution in [0.4, 0.5) is 11.4 Å². The van der Waals surface area contributed by atoms with Gasteiger partial charge in [-0.25, -0.2) is 0 Å². The second kappa shape index (κ2) is 7.11. The van der Waals surface area contributed by atoms with Crippen LogP contribution in [0.25, 0.3) is 58.8 Å². The van der Waals surface area contributed by atoms with Crippen molar-refractivity contribution in [1.29, 1.82) is 0 Å². The van der Waals surface area contributed by atoms with Crippen LogP contribution in [-0.4, -0.2) is 4.57 Å². The molecule has 0 unspecified atom stereocenters. The maximum atomic E-state index is 6.31. The summed E-state index contributed by atoms with van der Waals surface area (Å²) in [4.78, 5) is 0. The maximum Gasteiger partial charge on any atom is 0.0542 e. The van der Waals surface area contributed by atoms with Gasteiger partial charge >= 0.3 is 0 Å². The zero-order chi connectivity index (χ0) is 22.8. The number of nitrogens with two attached hydrogens (primary N) is 2. The standard InChI is InChI=1S/C30H21N3S/c31-19-11-14-28(33-26-7-3-1-5-21(26)22-6-2-4-8-27(22)33)25(16-19)18-9-12-23-24-13-10-20(32)17-30(24)34-29(23)15-18/h1-17H,31-32H2. The highest BCUT2D eigenvalue weighted by molar-refractivity contribution is 7.25. The van der Waals surface area contributed by atoms with Crippen molar-refractivity contribution < 1.29 is 0 Å². The van der Waals surface area contributed by atoms with Gasteiger partial charge in [0.05, 0.1) is 16.7 Å². The molecule has 0 saturated carbocycles. The van der Waals surface area contributed by atoms with Gasteiger partial charge in [-0.2, -0.15) is 0 Å². The summed E-state index contributed by atoms with van der Waals surface area (Å²) in [7, 11) is 0. The highest BCUT2D eigenvalue weighted by atomic mass is 32.1. The molecule has 0 bridgehead atoms. The first kappa shape index (κ1) is 19.2. The molecule has 0 aliphatic rings. The van der Waals surface area contributed by atoms with E-state index in [4.69, 9.17) is 11.5 Å². The molecule has 0 aliphatic carbocycles. The van der Waals surface area contributed by atoms with Crippen molar-refractivity contribution in [3.05, 3.63) is 103 Å². The molecule has 7 aromatic rings. The van der Waals surface area contributed by atoms with Gasteiger partial charge in [-0.1, -0.05) is 54.6 Å². The van der Waals surface area contributed by atoms with Crippen LogP contribution in [0.15, 0.2) is 103 Å². The normalized spacial score (nSPS) is 11.8. The number of hydrogen-bond donors (Lipinski definition) is 2. The van der Waals surface area contributed by atoms with Crippen molar-refractivity contribution in [1.82, 2.24) is 4.57 Å². The number of anilines is 2. The molecule has 4 N–H and O–H groups in total. The molecule has 0 amide bonds. The lowest BCUT2D eigenvalue weighted by Crippen LogP contribution is -1.98. The minimum atomic E-state index is 0.753. The minimum Gasteiger partial charge on any atom is -0.399 e. The molecule has 4 heteroatoms. The van der Waals surface area contributed by atoms with Crippen LogP contribution in [0.3, 0.4) is 0 Å². The maximum absolute atomic E-state index is 6.31. The number of para-hydroxylation sites is 2. The topological polar surface area (TPSA) is 57.0 Å². The minimum absolute atomic E-state index is 0.753. The Hall–Kier alpha value is -4.28. The fourth-order valence-electron chi connectivity index (χ4n) is 5.12. The van der Waals surface area contributed by atoms with E-state index in [1.165, 1.54) is 42.0 Å². The molecule has 5 aromatic carbocycles. The second-order valence-electron chi connectivity index (χ2n) is 8.71. The molecule has 162 valence electrons. The molecule has 3 nitrogen and oxygen atoms in total. The average molecular weight is 456 g/mol. The zero-order valence-corrected chi connectivity index (χ0v) is 19.1. The van der Waals surface area contributed by atoms with E-state index in [1.54, 1.807) is 11.3 Å². The number of rotatable bonds is 2. The average Bonchev–Trinajstić information content (AvgIpc) is 3.38. The highest BCUT2D eigenvalue weighted by Gasteiger charge is 2.16. The molecule has 2 heterocycles. The van der Waals surface area contributed by atoms with Gasteiger partial charge in [0.1, 0.15) is 0 Å². The summed E-state index contributed by atoms with van der Waals surface area (Å²) in [6, 6.07) is 36.2. The van der Waals surface area contributed by atoms with Gasteiger partial charge in [0.15, 0.2) is 0 Å². The first-order valence-electron chi connectivity index (χ1n) is 11.3. The third kappa shape index (κ3) is 2.76. The number of nitrogens with zero attached hydrogens (tertiary/aromatic N) is 1. The van der Waals surface area contributed by atoms with Gasteiger partial charge in [0.2, 0.25) is 0 Å². The monoisotopic (exact) mass is 455 g/mol. The van der Waals surface area contributed by atoms with Crippen molar-refractivity contribution in [2.45, 2.75) is 0 Å². The van der Waals surface area contributed by atoms with Crippen molar-refractivity contribution in [3.8, 4) is 16.8 Å². The largest absolute Gasteiger partial charge is 0.399 e. The quantitative estimate of drug-likeness (QED) is 0.260. The summed E-state index contributed by atoms with van der Waals surface area (Å²) in [5.41, 5.74) is 19.7. The van der Waals surface area contributed by atoms with E-state index >= 15 is 0 Å². The van der Waals surface area contributed by atoms with Gasteiger partial charge in [-0.05, 0) is 54.1 Å². The summed E-state index contributed by atoms with van der Waals surface area (Å²) >= 11 is 1.78. The van der Waals surface area contributed by atoms with Gasteiger partial charge in [0.25, 0.3) is 0 Å². The molecule has 2 aromatic heterocycles. The van der Waals surface area contributed by atoms with Crippen LogP contribution in [0.2, 0.25) is 0 Å². The van der Waals surface area contributed by atoms with Gasteiger partial charge < -0.3 is 16.0 Å². The van der Waals surface area contributed by atoms with Gasteiger partial charge in [-0.3, -0.25) is 0 Å². The number of aromatic nitrogens is 1. The molecule has 0 radical (unpaired) electrons. The molecular weight excluding hydrogens is 434 g/mol. The SMILES string of the molecule is Nc1ccc(-n2c3ccccc3c3ccccc32)c(-c2ccc3c(c2)sc2cc(N)ccc23)c1. The summed E-state index contributed by atoms with van der Waals surface area (Å²) < 4.78 is 4.81. The second-order valence-corrected chi connectivity index (χ2v) is 9.80. The Morgan fingerprint density at radius 2 is 1.12 bits per heavy atom. The third-order valence-electron chi connectivity index (χ3n) is 6.65. The van der Waals surface area contributed by atoms with E-state index in [2.05, 4.69) is 95.6 Å². The summed E-state index contributed by atoms with van der Waals surface area (Å²) in [6.07, 6.45) is 0. The molecule has 0 fully saturated rings. The van der Waals surface area contributed by atoms with Crippen LogP contribution < -0.4 is 11.5 Å². The summed E-state index contributed by atoms with van der Waals surface area (Å²) in [5.74, 6) is 0. The van der Waals surface area contributed by atoms with Crippen LogP contribution in [-0.2, 0) is 0 Å². The Labute approximate surface area is 200 Å². The van der Waals surface area contributed by atoms with Crippen molar-refractivity contribution in [2.24, 2.45) is 0 Å². The van der Waals surface area contributed by atoms with Gasteiger partial charge in [0, 0.05) is 47.9 Å². The van der Waals surface area contributed by atoms with E-state index in [9.17, 15) is 0 Å². The highest BCUT2D eigenvalue weighted by Crippen LogP contribution is 2.40.